The number of nitro groups is 1. The van der Waals surface area contributed by atoms with Gasteiger partial charge < -0.3 is 4.74 Å². The summed E-state index contributed by atoms with van der Waals surface area (Å²) >= 11 is 0. The molecule has 4 N–H and O–H groups in total. The average Bonchev–Trinajstić information content (AvgIpc) is 2.95. The Kier molecular flexibility index (Phi) is 8.04. The SMILES string of the molecule is COc1ccccc1C(=O)NNc1ncnc(NNC(=O)C(c2ccccc2)c2ccccc2)c1[N+](=O)[O-]. The monoisotopic (exact) mass is 513 g/mol. The first-order valence-corrected chi connectivity index (χ1v) is 11.3. The summed E-state index contributed by atoms with van der Waals surface area (Å²) in [5.74, 6) is -2.02. The zero-order valence-corrected chi connectivity index (χ0v) is 20.1. The van der Waals surface area contributed by atoms with Crippen molar-refractivity contribution >= 4 is 29.1 Å². The minimum atomic E-state index is -0.738. The van der Waals surface area contributed by atoms with Gasteiger partial charge in [-0.15, -0.1) is 0 Å². The molecule has 38 heavy (non-hydrogen) atoms. The molecular formula is C26H23N7O5. The Labute approximate surface area is 217 Å². The number of hydrazine groups is 2. The number of hydrogen-bond donors (Lipinski definition) is 4. The fourth-order valence-corrected chi connectivity index (χ4v) is 3.73. The summed E-state index contributed by atoms with van der Waals surface area (Å²) in [4.78, 5) is 44.7. The highest BCUT2D eigenvalue weighted by Gasteiger charge is 2.27. The van der Waals surface area contributed by atoms with Crippen molar-refractivity contribution in [1.29, 1.82) is 0 Å². The zero-order chi connectivity index (χ0) is 26.9. The number of para-hydroxylation sites is 1. The third kappa shape index (κ3) is 5.82. The first-order valence-electron chi connectivity index (χ1n) is 11.3. The van der Waals surface area contributed by atoms with Crippen molar-refractivity contribution in [3.63, 3.8) is 0 Å². The van der Waals surface area contributed by atoms with E-state index in [9.17, 15) is 19.7 Å². The van der Waals surface area contributed by atoms with Gasteiger partial charge in [0.15, 0.2) is 0 Å². The Bertz CT molecular complexity index is 1400. The molecule has 0 aliphatic heterocycles. The van der Waals surface area contributed by atoms with Crippen LogP contribution in [0.3, 0.4) is 0 Å². The summed E-state index contributed by atoms with van der Waals surface area (Å²) in [5, 5.41) is 11.9. The summed E-state index contributed by atoms with van der Waals surface area (Å²) in [6.45, 7) is 0. The number of ether oxygens (including phenoxy) is 1. The summed E-state index contributed by atoms with van der Waals surface area (Å²) in [6.07, 6.45) is 1.05. The maximum Gasteiger partial charge on any atom is 0.356 e. The van der Waals surface area contributed by atoms with Gasteiger partial charge in [0.25, 0.3) is 5.91 Å². The fourth-order valence-electron chi connectivity index (χ4n) is 3.73. The highest BCUT2D eigenvalue weighted by molar-refractivity contribution is 5.97. The number of amides is 2. The molecule has 12 nitrogen and oxygen atoms in total. The fraction of sp³-hybridized carbons (Fsp3) is 0.0769. The molecule has 192 valence electrons. The normalized spacial score (nSPS) is 10.4. The molecule has 12 heteroatoms. The number of hydrogen-bond acceptors (Lipinski definition) is 9. The van der Waals surface area contributed by atoms with Gasteiger partial charge in [-0.3, -0.25) is 41.4 Å². The van der Waals surface area contributed by atoms with Crippen molar-refractivity contribution in [2.24, 2.45) is 0 Å². The first-order chi connectivity index (χ1) is 18.5. The van der Waals surface area contributed by atoms with Crippen LogP contribution in [-0.4, -0.2) is 33.8 Å². The van der Waals surface area contributed by atoms with E-state index in [2.05, 4.69) is 31.7 Å². The van der Waals surface area contributed by atoms with Gasteiger partial charge in [-0.05, 0) is 23.3 Å². The number of benzene rings is 3. The van der Waals surface area contributed by atoms with Crippen molar-refractivity contribution in [2.75, 3.05) is 18.0 Å². The molecule has 0 fully saturated rings. The van der Waals surface area contributed by atoms with E-state index < -0.39 is 28.3 Å². The van der Waals surface area contributed by atoms with E-state index in [1.54, 1.807) is 18.2 Å². The van der Waals surface area contributed by atoms with E-state index in [1.165, 1.54) is 13.2 Å². The second-order valence-electron chi connectivity index (χ2n) is 7.82. The van der Waals surface area contributed by atoms with E-state index in [0.29, 0.717) is 5.75 Å². The molecule has 0 saturated carbocycles. The second kappa shape index (κ2) is 11.9. The van der Waals surface area contributed by atoms with Crippen molar-refractivity contribution in [1.82, 2.24) is 20.8 Å². The lowest BCUT2D eigenvalue weighted by atomic mass is 9.91. The zero-order valence-electron chi connectivity index (χ0n) is 20.1. The number of nitrogens with zero attached hydrogens (tertiary/aromatic N) is 3. The highest BCUT2D eigenvalue weighted by Crippen LogP contribution is 2.29. The van der Waals surface area contributed by atoms with Crippen LogP contribution in [0.4, 0.5) is 17.3 Å². The van der Waals surface area contributed by atoms with Crippen molar-refractivity contribution in [3.05, 3.63) is 118 Å². The van der Waals surface area contributed by atoms with E-state index in [1.807, 2.05) is 60.7 Å². The van der Waals surface area contributed by atoms with Crippen molar-refractivity contribution in [3.8, 4) is 5.75 Å². The van der Waals surface area contributed by atoms with Crippen LogP contribution >= 0.6 is 0 Å². The Morgan fingerprint density at radius 1 is 0.816 bits per heavy atom. The molecule has 4 aromatic rings. The van der Waals surface area contributed by atoms with Crippen LogP contribution in [-0.2, 0) is 4.79 Å². The molecule has 4 rings (SSSR count). The van der Waals surface area contributed by atoms with Crippen LogP contribution in [0.2, 0.25) is 0 Å². The maximum atomic E-state index is 13.2. The van der Waals surface area contributed by atoms with Crippen molar-refractivity contribution in [2.45, 2.75) is 5.92 Å². The standard InChI is InChI=1S/C26H23N7O5/c1-38-20-15-9-8-14-19(20)25(34)31-29-23-22(33(36)37)24(28-16-27-23)30-32-26(35)21(17-10-4-2-5-11-17)18-12-6-3-7-13-18/h2-16,21H,1H3,(H,31,34)(H,32,35)(H2,27,28,29,30). The number of nitrogens with one attached hydrogen (secondary N) is 4. The smallest absolute Gasteiger partial charge is 0.356 e. The molecule has 2 amide bonds. The van der Waals surface area contributed by atoms with E-state index in [4.69, 9.17) is 4.74 Å². The van der Waals surface area contributed by atoms with Crippen LogP contribution in [0.5, 0.6) is 5.75 Å². The highest BCUT2D eigenvalue weighted by atomic mass is 16.6. The molecule has 0 unspecified atom stereocenters. The Balaban J connectivity index is 1.53. The summed E-state index contributed by atoms with van der Waals surface area (Å²) < 4.78 is 5.16. The molecule has 1 aromatic heterocycles. The Morgan fingerprint density at radius 2 is 1.34 bits per heavy atom. The molecule has 0 radical (unpaired) electrons. The lowest BCUT2D eigenvalue weighted by Crippen LogP contribution is -2.35. The van der Waals surface area contributed by atoms with Gasteiger partial charge in [0, 0.05) is 0 Å². The van der Waals surface area contributed by atoms with E-state index in [0.717, 1.165) is 17.5 Å². The molecule has 0 spiro atoms. The quantitative estimate of drug-likeness (QED) is 0.184. The van der Waals surface area contributed by atoms with Crippen LogP contribution < -0.4 is 26.4 Å². The molecule has 0 saturated heterocycles. The number of carbonyl (C=O) groups excluding carboxylic acids is 2. The van der Waals surface area contributed by atoms with Crippen molar-refractivity contribution < 1.29 is 19.2 Å². The average molecular weight is 514 g/mol. The minimum absolute atomic E-state index is 0.206. The van der Waals surface area contributed by atoms with Crippen LogP contribution in [0.15, 0.2) is 91.3 Å². The van der Waals surface area contributed by atoms with Gasteiger partial charge in [0.1, 0.15) is 12.1 Å². The van der Waals surface area contributed by atoms with Crippen LogP contribution in [0, 0.1) is 10.1 Å². The maximum absolute atomic E-state index is 13.2. The van der Waals surface area contributed by atoms with E-state index in [-0.39, 0.29) is 17.2 Å². The largest absolute Gasteiger partial charge is 0.496 e. The topological polar surface area (TPSA) is 160 Å². The number of carbonyl (C=O) groups is 2. The Morgan fingerprint density at radius 3 is 1.89 bits per heavy atom. The van der Waals surface area contributed by atoms with Gasteiger partial charge in [0.2, 0.25) is 17.5 Å². The lowest BCUT2D eigenvalue weighted by Gasteiger charge is -2.18. The molecule has 0 aliphatic rings. The molecule has 3 aromatic carbocycles. The number of methoxy groups -OCH3 is 1. The third-order valence-electron chi connectivity index (χ3n) is 5.48. The Hall–Kier alpha value is -5.52. The lowest BCUT2D eigenvalue weighted by molar-refractivity contribution is -0.383. The van der Waals surface area contributed by atoms with Gasteiger partial charge in [0.05, 0.1) is 23.5 Å². The summed E-state index contributed by atoms with van der Waals surface area (Å²) in [5.41, 5.74) is 10.9. The minimum Gasteiger partial charge on any atom is -0.496 e. The predicted molar refractivity (Wildman–Crippen MR) is 139 cm³/mol. The second-order valence-corrected chi connectivity index (χ2v) is 7.82. The predicted octanol–water partition coefficient (Wildman–Crippen LogP) is 3.43. The van der Waals surface area contributed by atoms with Crippen LogP contribution in [0.25, 0.3) is 0 Å². The summed E-state index contributed by atoms with van der Waals surface area (Å²) in [6, 6.07) is 24.7. The number of anilines is 2. The number of rotatable bonds is 10. The van der Waals surface area contributed by atoms with Crippen LogP contribution in [0.1, 0.15) is 27.4 Å². The van der Waals surface area contributed by atoms with Gasteiger partial charge in [-0.1, -0.05) is 72.8 Å². The van der Waals surface area contributed by atoms with E-state index >= 15 is 0 Å². The van der Waals surface area contributed by atoms with Gasteiger partial charge >= 0.3 is 5.69 Å². The molecule has 0 atom stereocenters. The molecule has 0 aliphatic carbocycles. The number of aromatic nitrogens is 2. The first kappa shape index (κ1) is 25.6. The van der Waals surface area contributed by atoms with Gasteiger partial charge in [-0.2, -0.15) is 0 Å². The molecular weight excluding hydrogens is 490 g/mol. The van der Waals surface area contributed by atoms with Gasteiger partial charge in [-0.25, -0.2) is 9.97 Å². The summed E-state index contributed by atoms with van der Waals surface area (Å²) in [7, 11) is 1.42. The third-order valence-corrected chi connectivity index (χ3v) is 5.48. The molecule has 1 heterocycles. The molecule has 0 bridgehead atoms.